The number of halogens is 2. The summed E-state index contributed by atoms with van der Waals surface area (Å²) in [6.45, 7) is 3.43. The van der Waals surface area contributed by atoms with Gasteiger partial charge in [0.25, 0.3) is 0 Å². The molecule has 0 atom stereocenters. The molecule has 0 aliphatic carbocycles. The third kappa shape index (κ3) is 4.80. The second-order valence-electron chi connectivity index (χ2n) is 2.72. The average molecular weight is 270 g/mol. The minimum absolute atomic E-state index is 0. The van der Waals surface area contributed by atoms with E-state index in [1.54, 1.807) is 12.1 Å². The van der Waals surface area contributed by atoms with Crippen LogP contribution in [-0.2, 0) is 0 Å². The van der Waals surface area contributed by atoms with E-state index in [1.165, 1.54) is 0 Å². The van der Waals surface area contributed by atoms with E-state index < -0.39 is 0 Å². The molecule has 0 saturated carbocycles. The van der Waals surface area contributed by atoms with Crippen molar-refractivity contribution in [2.75, 3.05) is 30.0 Å². The highest BCUT2D eigenvalue weighted by Gasteiger charge is 2.04. The number of hydrazine groups is 1. The largest absolute Gasteiger partial charge is 0.395 e. The minimum Gasteiger partial charge on any atom is -0.395 e. The van der Waals surface area contributed by atoms with E-state index in [4.69, 9.17) is 10.9 Å². The molecule has 8 heteroatoms. The first-order valence-electron chi connectivity index (χ1n) is 4.48. The number of nitrogens with zero attached hydrogens (tertiary/aromatic N) is 3. The Kier molecular flexibility index (Phi) is 10.3. The molecule has 0 bridgehead atoms. The summed E-state index contributed by atoms with van der Waals surface area (Å²) in [5, 5.41) is 16.6. The molecule has 0 spiro atoms. The third-order valence-electron chi connectivity index (χ3n) is 1.87. The number of aromatic nitrogens is 2. The summed E-state index contributed by atoms with van der Waals surface area (Å²) in [6.07, 6.45) is 0. The zero-order valence-corrected chi connectivity index (χ0v) is 10.6. The Morgan fingerprint density at radius 2 is 2.06 bits per heavy atom. The molecule has 1 aromatic rings. The van der Waals surface area contributed by atoms with Gasteiger partial charge in [-0.1, -0.05) is 0 Å². The summed E-state index contributed by atoms with van der Waals surface area (Å²) in [7, 11) is 0. The van der Waals surface area contributed by atoms with Gasteiger partial charge in [0.15, 0.2) is 11.6 Å². The van der Waals surface area contributed by atoms with Crippen molar-refractivity contribution in [1.29, 1.82) is 0 Å². The van der Waals surface area contributed by atoms with Crippen LogP contribution in [0.15, 0.2) is 12.1 Å². The predicted molar refractivity (Wildman–Crippen MR) is 69.3 cm³/mol. The van der Waals surface area contributed by atoms with Crippen molar-refractivity contribution in [1.82, 2.24) is 10.2 Å². The molecule has 4 N–H and O–H groups in total. The number of hydrogen-bond acceptors (Lipinski definition) is 6. The molecule has 6 nitrogen and oxygen atoms in total. The van der Waals surface area contributed by atoms with E-state index in [0.29, 0.717) is 12.4 Å². The summed E-state index contributed by atoms with van der Waals surface area (Å²) in [5.41, 5.74) is 2.40. The molecule has 0 aliphatic heterocycles. The number of likely N-dealkylation sites (N-methyl/N-ethyl adjacent to an activating group) is 1. The first-order valence-corrected chi connectivity index (χ1v) is 4.48. The maximum absolute atomic E-state index is 8.81. The van der Waals surface area contributed by atoms with Gasteiger partial charge >= 0.3 is 0 Å². The first kappa shape index (κ1) is 17.6. The minimum atomic E-state index is 0. The van der Waals surface area contributed by atoms with Gasteiger partial charge in [-0.15, -0.1) is 35.0 Å². The van der Waals surface area contributed by atoms with Crippen LogP contribution in [0.4, 0.5) is 11.6 Å². The molecule has 0 amide bonds. The Morgan fingerprint density at radius 1 is 1.38 bits per heavy atom. The summed E-state index contributed by atoms with van der Waals surface area (Å²) >= 11 is 0. The van der Waals surface area contributed by atoms with Crippen molar-refractivity contribution < 1.29 is 5.11 Å². The van der Waals surface area contributed by atoms with Crippen molar-refractivity contribution in [2.24, 2.45) is 5.84 Å². The lowest BCUT2D eigenvalue weighted by atomic mass is 10.4. The van der Waals surface area contributed by atoms with E-state index >= 15 is 0 Å². The van der Waals surface area contributed by atoms with Gasteiger partial charge in [0, 0.05) is 13.1 Å². The van der Waals surface area contributed by atoms with Gasteiger partial charge in [-0.2, -0.15) is 0 Å². The van der Waals surface area contributed by atoms with Gasteiger partial charge in [-0.05, 0) is 19.1 Å². The Hall–Kier alpha value is -0.820. The van der Waals surface area contributed by atoms with Crippen LogP contribution >= 0.6 is 24.8 Å². The fourth-order valence-electron chi connectivity index (χ4n) is 1.13. The lowest BCUT2D eigenvalue weighted by molar-refractivity contribution is 0.302. The molecule has 0 saturated heterocycles. The van der Waals surface area contributed by atoms with Crippen molar-refractivity contribution in [3.63, 3.8) is 0 Å². The van der Waals surface area contributed by atoms with Crippen LogP contribution in [0, 0.1) is 0 Å². The van der Waals surface area contributed by atoms with E-state index in [1.807, 2.05) is 11.8 Å². The fraction of sp³-hybridized carbons (Fsp3) is 0.500. The van der Waals surface area contributed by atoms with Gasteiger partial charge in [-0.3, -0.25) is 0 Å². The SMILES string of the molecule is CCN(CCO)c1ccc(NN)nn1.Cl.Cl. The van der Waals surface area contributed by atoms with Crippen LogP contribution < -0.4 is 16.2 Å². The topological polar surface area (TPSA) is 87.3 Å². The maximum Gasteiger partial charge on any atom is 0.162 e. The second-order valence-corrected chi connectivity index (χ2v) is 2.72. The molecular formula is C8H17Cl2N5O. The highest BCUT2D eigenvalue weighted by molar-refractivity contribution is 5.85. The molecule has 16 heavy (non-hydrogen) atoms. The van der Waals surface area contributed by atoms with Gasteiger partial charge in [0.1, 0.15) is 0 Å². The Morgan fingerprint density at radius 3 is 2.44 bits per heavy atom. The van der Waals surface area contributed by atoms with E-state index in [0.717, 1.165) is 12.4 Å². The zero-order valence-electron chi connectivity index (χ0n) is 8.96. The smallest absolute Gasteiger partial charge is 0.162 e. The Balaban J connectivity index is 0. The quantitative estimate of drug-likeness (QED) is 0.531. The number of nitrogens with one attached hydrogen (secondary N) is 1. The molecule has 1 rings (SSSR count). The molecule has 0 radical (unpaired) electrons. The highest BCUT2D eigenvalue weighted by atomic mass is 35.5. The molecule has 0 fully saturated rings. The van der Waals surface area contributed by atoms with E-state index in [9.17, 15) is 0 Å². The fourth-order valence-corrected chi connectivity index (χ4v) is 1.13. The van der Waals surface area contributed by atoms with Gasteiger partial charge in [0.2, 0.25) is 0 Å². The second kappa shape index (κ2) is 9.41. The highest BCUT2D eigenvalue weighted by Crippen LogP contribution is 2.09. The summed E-state index contributed by atoms with van der Waals surface area (Å²) < 4.78 is 0. The summed E-state index contributed by atoms with van der Waals surface area (Å²) in [4.78, 5) is 1.92. The molecule has 1 aromatic heterocycles. The number of aliphatic hydroxyl groups is 1. The van der Waals surface area contributed by atoms with Gasteiger partial charge in [0.05, 0.1) is 6.61 Å². The number of anilines is 2. The van der Waals surface area contributed by atoms with Crippen molar-refractivity contribution in [3.8, 4) is 0 Å². The van der Waals surface area contributed by atoms with Crippen molar-refractivity contribution in [2.45, 2.75) is 6.92 Å². The number of nitrogens with two attached hydrogens (primary N) is 1. The predicted octanol–water partition coefficient (Wildman–Crippen LogP) is 0.424. The molecular weight excluding hydrogens is 253 g/mol. The maximum atomic E-state index is 8.81. The number of nitrogen functional groups attached to an aromatic ring is 1. The standard InChI is InChI=1S/C8H15N5O.2ClH/c1-2-13(5-6-14)8-4-3-7(10-9)11-12-8;;/h3-4,14H,2,5-6,9H2,1H3,(H,10,11);2*1H. The van der Waals surface area contributed by atoms with E-state index in [-0.39, 0.29) is 31.4 Å². The third-order valence-corrected chi connectivity index (χ3v) is 1.87. The molecule has 1 heterocycles. The van der Waals surface area contributed by atoms with Gasteiger partial charge < -0.3 is 15.4 Å². The van der Waals surface area contributed by atoms with Crippen LogP contribution in [-0.4, -0.2) is 35.0 Å². The average Bonchev–Trinajstić information content (AvgIpc) is 2.26. The molecule has 94 valence electrons. The molecule has 0 unspecified atom stereocenters. The van der Waals surface area contributed by atoms with Gasteiger partial charge in [-0.25, -0.2) is 5.84 Å². The summed E-state index contributed by atoms with van der Waals surface area (Å²) in [5.74, 6) is 6.42. The van der Waals surface area contributed by atoms with Crippen LogP contribution in [0.1, 0.15) is 6.92 Å². The van der Waals surface area contributed by atoms with Crippen LogP contribution in [0.5, 0.6) is 0 Å². The number of aliphatic hydroxyl groups excluding tert-OH is 1. The summed E-state index contributed by atoms with van der Waals surface area (Å²) in [6, 6.07) is 3.55. The molecule has 0 aromatic carbocycles. The van der Waals surface area contributed by atoms with Crippen molar-refractivity contribution in [3.05, 3.63) is 12.1 Å². The Labute approximate surface area is 107 Å². The van der Waals surface area contributed by atoms with E-state index in [2.05, 4.69) is 15.6 Å². The number of hydrogen-bond donors (Lipinski definition) is 3. The normalized spacial score (nSPS) is 8.69. The lowest BCUT2D eigenvalue weighted by Crippen LogP contribution is -2.27. The monoisotopic (exact) mass is 269 g/mol. The first-order chi connectivity index (χ1) is 6.81. The Bertz CT molecular complexity index is 272. The van der Waals surface area contributed by atoms with Crippen LogP contribution in [0.2, 0.25) is 0 Å². The van der Waals surface area contributed by atoms with Crippen LogP contribution in [0.25, 0.3) is 0 Å². The molecule has 0 aliphatic rings. The zero-order chi connectivity index (χ0) is 10.4. The van der Waals surface area contributed by atoms with Crippen molar-refractivity contribution >= 4 is 36.4 Å². The van der Waals surface area contributed by atoms with Crippen LogP contribution in [0.3, 0.4) is 0 Å². The number of rotatable bonds is 5. The lowest BCUT2D eigenvalue weighted by Gasteiger charge is -2.19.